The van der Waals surface area contributed by atoms with Crippen LogP contribution in [-0.4, -0.2) is 35.2 Å². The van der Waals surface area contributed by atoms with Crippen molar-refractivity contribution in [2.24, 2.45) is 0 Å². The molecule has 0 saturated heterocycles. The van der Waals surface area contributed by atoms with Gasteiger partial charge in [-0.2, -0.15) is 11.8 Å². The fraction of sp³-hybridized carbons (Fsp3) is 0.533. The Morgan fingerprint density at radius 3 is 2.81 bits per heavy atom. The normalized spacial score (nSPS) is 13.5. The zero-order chi connectivity index (χ0) is 15.8. The Morgan fingerprint density at radius 1 is 1.48 bits per heavy atom. The number of anilines is 2. The van der Waals surface area contributed by atoms with Crippen LogP contribution in [0.2, 0.25) is 0 Å². The Labute approximate surface area is 130 Å². The summed E-state index contributed by atoms with van der Waals surface area (Å²) < 4.78 is 5.18. The Kier molecular flexibility index (Phi) is 7.39. The Morgan fingerprint density at radius 2 is 2.19 bits per heavy atom. The monoisotopic (exact) mass is 312 g/mol. The maximum Gasteiger partial charge on any atom is 0.224 e. The molecule has 0 spiro atoms. The van der Waals surface area contributed by atoms with E-state index in [2.05, 4.69) is 5.32 Å². The molecule has 6 heteroatoms. The van der Waals surface area contributed by atoms with Crippen LogP contribution in [-0.2, 0) is 4.79 Å². The van der Waals surface area contributed by atoms with Crippen LogP contribution in [0.4, 0.5) is 11.4 Å². The van der Waals surface area contributed by atoms with E-state index in [0.717, 1.165) is 12.2 Å². The van der Waals surface area contributed by atoms with Crippen LogP contribution in [0.1, 0.15) is 26.7 Å². The maximum absolute atomic E-state index is 11.9. The third kappa shape index (κ3) is 6.27. The number of nitrogens with one attached hydrogen (secondary N) is 1. The summed E-state index contributed by atoms with van der Waals surface area (Å²) in [5.41, 5.74) is 6.89. The quantitative estimate of drug-likeness (QED) is 0.507. The van der Waals surface area contributed by atoms with E-state index >= 15 is 0 Å². The second kappa shape index (κ2) is 8.79. The first kappa shape index (κ1) is 17.7. The number of aliphatic hydroxyl groups excluding tert-OH is 1. The highest BCUT2D eigenvalue weighted by Gasteiger charge is 2.10. The minimum atomic E-state index is -0.331. The first-order valence-electron chi connectivity index (χ1n) is 6.97. The van der Waals surface area contributed by atoms with Crippen molar-refractivity contribution in [3.63, 3.8) is 0 Å². The second-order valence-electron chi connectivity index (χ2n) is 4.93. The van der Waals surface area contributed by atoms with Crippen molar-refractivity contribution >= 4 is 29.0 Å². The molecule has 0 aliphatic carbocycles. The van der Waals surface area contributed by atoms with E-state index in [1.807, 2.05) is 6.92 Å². The molecule has 0 bridgehead atoms. The highest BCUT2D eigenvalue weighted by molar-refractivity contribution is 7.99. The van der Waals surface area contributed by atoms with Gasteiger partial charge in [0.15, 0.2) is 0 Å². The molecule has 1 aromatic carbocycles. The van der Waals surface area contributed by atoms with Crippen molar-refractivity contribution in [3.8, 4) is 5.75 Å². The fourth-order valence-corrected chi connectivity index (χ4v) is 2.63. The van der Waals surface area contributed by atoms with Crippen molar-refractivity contribution in [3.05, 3.63) is 18.2 Å². The molecule has 2 atom stereocenters. The van der Waals surface area contributed by atoms with Gasteiger partial charge >= 0.3 is 0 Å². The third-order valence-corrected chi connectivity index (χ3v) is 4.55. The van der Waals surface area contributed by atoms with Crippen LogP contribution < -0.4 is 15.8 Å². The molecule has 1 rings (SSSR count). The molecule has 0 aliphatic rings. The lowest BCUT2D eigenvalue weighted by molar-refractivity contribution is -0.116. The van der Waals surface area contributed by atoms with Gasteiger partial charge in [-0.15, -0.1) is 0 Å². The number of carbonyl (C=O) groups is 1. The molecule has 0 radical (unpaired) electrons. The van der Waals surface area contributed by atoms with Gasteiger partial charge in [-0.25, -0.2) is 0 Å². The van der Waals surface area contributed by atoms with Crippen molar-refractivity contribution in [1.82, 2.24) is 0 Å². The molecule has 0 heterocycles. The number of benzene rings is 1. The fourth-order valence-electron chi connectivity index (χ4n) is 1.66. The number of ether oxygens (including phenoxy) is 1. The Balaban J connectivity index is 2.37. The lowest BCUT2D eigenvalue weighted by Crippen LogP contribution is -2.16. The second-order valence-corrected chi connectivity index (χ2v) is 6.41. The summed E-state index contributed by atoms with van der Waals surface area (Å²) in [5, 5.41) is 12.4. The number of nitrogens with two attached hydrogens (primary N) is 1. The van der Waals surface area contributed by atoms with Crippen molar-refractivity contribution in [1.29, 1.82) is 0 Å². The molecule has 0 aromatic heterocycles. The molecule has 0 saturated carbocycles. The van der Waals surface area contributed by atoms with Crippen LogP contribution >= 0.6 is 11.8 Å². The van der Waals surface area contributed by atoms with E-state index in [9.17, 15) is 9.90 Å². The number of thioether (sulfide) groups is 1. The van der Waals surface area contributed by atoms with Crippen LogP contribution in [0.5, 0.6) is 5.75 Å². The minimum absolute atomic E-state index is 0.0524. The summed E-state index contributed by atoms with van der Waals surface area (Å²) in [4.78, 5) is 11.9. The van der Waals surface area contributed by atoms with Gasteiger partial charge in [-0.1, -0.05) is 6.92 Å². The molecule has 2 unspecified atom stereocenters. The van der Waals surface area contributed by atoms with Crippen LogP contribution in [0, 0.1) is 0 Å². The summed E-state index contributed by atoms with van der Waals surface area (Å²) in [6.45, 7) is 3.76. The number of nitrogen functional groups attached to an aromatic ring is 1. The van der Waals surface area contributed by atoms with Gasteiger partial charge in [0.2, 0.25) is 5.91 Å². The van der Waals surface area contributed by atoms with E-state index in [1.54, 1.807) is 44.0 Å². The minimum Gasteiger partial charge on any atom is -0.494 e. The Hall–Kier alpha value is -1.40. The predicted octanol–water partition coefficient (Wildman–Crippen LogP) is 2.50. The van der Waals surface area contributed by atoms with Crippen molar-refractivity contribution in [2.45, 2.75) is 38.0 Å². The zero-order valence-corrected chi connectivity index (χ0v) is 13.6. The lowest BCUT2D eigenvalue weighted by Gasteiger charge is -2.14. The van der Waals surface area contributed by atoms with E-state index in [1.165, 1.54) is 0 Å². The lowest BCUT2D eigenvalue weighted by atomic mass is 10.2. The first-order valence-corrected chi connectivity index (χ1v) is 8.02. The maximum atomic E-state index is 11.9. The largest absolute Gasteiger partial charge is 0.494 e. The van der Waals surface area contributed by atoms with Gasteiger partial charge in [-0.05, 0) is 31.2 Å². The van der Waals surface area contributed by atoms with Crippen LogP contribution in [0.15, 0.2) is 18.2 Å². The summed E-state index contributed by atoms with van der Waals surface area (Å²) in [6, 6.07) is 5.13. The van der Waals surface area contributed by atoms with Crippen LogP contribution in [0.25, 0.3) is 0 Å². The van der Waals surface area contributed by atoms with Crippen LogP contribution in [0.3, 0.4) is 0 Å². The molecule has 1 amide bonds. The molecule has 0 aliphatic heterocycles. The molecule has 118 valence electrons. The number of carbonyl (C=O) groups excluding carboxylic acids is 1. The van der Waals surface area contributed by atoms with Gasteiger partial charge < -0.3 is 20.9 Å². The molecule has 21 heavy (non-hydrogen) atoms. The Bertz CT molecular complexity index is 466. The molecule has 1 aromatic rings. The van der Waals surface area contributed by atoms with Gasteiger partial charge in [0.1, 0.15) is 5.75 Å². The van der Waals surface area contributed by atoms with Gasteiger partial charge in [-0.3, -0.25) is 4.79 Å². The number of aliphatic hydroxyl groups is 1. The summed E-state index contributed by atoms with van der Waals surface area (Å²) >= 11 is 1.67. The molecule has 0 fully saturated rings. The molecular weight excluding hydrogens is 288 g/mol. The number of amides is 1. The number of rotatable bonds is 8. The highest BCUT2D eigenvalue weighted by Crippen LogP contribution is 2.26. The van der Waals surface area contributed by atoms with Gasteiger partial charge in [0.05, 0.1) is 18.9 Å². The zero-order valence-electron chi connectivity index (χ0n) is 12.8. The highest BCUT2D eigenvalue weighted by atomic mass is 32.2. The smallest absolute Gasteiger partial charge is 0.224 e. The first-order chi connectivity index (χ1) is 9.93. The summed E-state index contributed by atoms with van der Waals surface area (Å²) in [6.07, 6.45) is 0.876. The standard InChI is InChI=1S/C15H24N2O3S/c1-10(18)11(2)21-8-4-5-15(19)17-13-7-6-12(16)9-14(13)20-3/h6-7,9-11,18H,4-5,8,16H2,1-3H3,(H,17,19). The topological polar surface area (TPSA) is 84.6 Å². The molecule has 5 nitrogen and oxygen atoms in total. The van der Waals surface area contributed by atoms with Gasteiger partial charge in [0, 0.05) is 23.4 Å². The number of methoxy groups -OCH3 is 1. The summed E-state index contributed by atoms with van der Waals surface area (Å²) in [7, 11) is 1.54. The van der Waals surface area contributed by atoms with Gasteiger partial charge in [0.25, 0.3) is 0 Å². The van der Waals surface area contributed by atoms with Crippen molar-refractivity contribution in [2.75, 3.05) is 23.9 Å². The van der Waals surface area contributed by atoms with E-state index in [4.69, 9.17) is 10.5 Å². The molecule has 4 N–H and O–H groups in total. The van der Waals surface area contributed by atoms with E-state index in [-0.39, 0.29) is 17.3 Å². The van der Waals surface area contributed by atoms with E-state index in [0.29, 0.717) is 23.5 Å². The average Bonchev–Trinajstić information content (AvgIpc) is 2.45. The summed E-state index contributed by atoms with van der Waals surface area (Å²) in [5.74, 6) is 1.35. The van der Waals surface area contributed by atoms with E-state index < -0.39 is 0 Å². The number of hydrogen-bond acceptors (Lipinski definition) is 5. The molecular formula is C15H24N2O3S. The number of hydrogen-bond donors (Lipinski definition) is 3. The average molecular weight is 312 g/mol. The third-order valence-electron chi connectivity index (χ3n) is 3.11. The SMILES string of the molecule is COc1cc(N)ccc1NC(=O)CCCSC(C)C(C)O. The predicted molar refractivity (Wildman–Crippen MR) is 88.9 cm³/mol. The van der Waals surface area contributed by atoms with Crippen molar-refractivity contribution < 1.29 is 14.6 Å².